The van der Waals surface area contributed by atoms with Gasteiger partial charge in [-0.15, -0.1) is 0 Å². The molecule has 0 saturated carbocycles. The normalized spacial score (nSPS) is 11.4. The van der Waals surface area contributed by atoms with Crippen molar-refractivity contribution < 1.29 is 4.42 Å². The highest BCUT2D eigenvalue weighted by Gasteiger charge is 2.15. The van der Waals surface area contributed by atoms with Crippen LogP contribution in [0.25, 0.3) is 89.1 Å². The lowest BCUT2D eigenvalue weighted by atomic mass is 9.97. The first kappa shape index (κ1) is 27.0. The minimum atomic E-state index is 0.621. The highest BCUT2D eigenvalue weighted by Crippen LogP contribution is 2.34. The average Bonchev–Trinajstić information content (AvgIpc) is 3.53. The fraction of sp³-hybridized carbons (Fsp3) is 0. The van der Waals surface area contributed by atoms with Gasteiger partial charge in [-0.2, -0.15) is 0 Å². The number of nitrogens with zero attached hydrogens (tertiary/aromatic N) is 3. The fourth-order valence-electron chi connectivity index (χ4n) is 6.27. The Morgan fingerprint density at radius 2 is 0.745 bits per heavy atom. The molecular weight excluding hydrogens is 574 g/mol. The van der Waals surface area contributed by atoms with Crippen molar-refractivity contribution in [3.05, 3.63) is 164 Å². The van der Waals surface area contributed by atoms with Crippen LogP contribution in [-0.4, -0.2) is 15.0 Å². The van der Waals surface area contributed by atoms with Gasteiger partial charge in [0, 0.05) is 27.5 Å². The summed E-state index contributed by atoms with van der Waals surface area (Å²) in [5.74, 6) is 1.89. The van der Waals surface area contributed by atoms with Gasteiger partial charge < -0.3 is 4.42 Å². The number of aromatic nitrogens is 3. The molecule has 9 aromatic rings. The van der Waals surface area contributed by atoms with Gasteiger partial charge in [-0.05, 0) is 69.4 Å². The second-order valence-corrected chi connectivity index (χ2v) is 11.7. The van der Waals surface area contributed by atoms with Gasteiger partial charge in [0.2, 0.25) is 0 Å². The van der Waals surface area contributed by atoms with E-state index in [4.69, 9.17) is 19.4 Å². The summed E-state index contributed by atoms with van der Waals surface area (Å²) in [6, 6.07) is 56.6. The van der Waals surface area contributed by atoms with E-state index in [9.17, 15) is 0 Å². The largest absolute Gasteiger partial charge is 0.456 e. The average molecular weight is 602 g/mol. The van der Waals surface area contributed by atoms with Gasteiger partial charge in [-0.1, -0.05) is 127 Å². The molecule has 0 bridgehead atoms. The Labute approximate surface area is 271 Å². The Balaban J connectivity index is 1.11. The van der Waals surface area contributed by atoms with Crippen LogP contribution in [-0.2, 0) is 0 Å². The summed E-state index contributed by atoms with van der Waals surface area (Å²) in [7, 11) is 0. The molecule has 2 aromatic heterocycles. The van der Waals surface area contributed by atoms with Crippen molar-refractivity contribution in [2.24, 2.45) is 0 Å². The van der Waals surface area contributed by atoms with Crippen molar-refractivity contribution in [1.29, 1.82) is 0 Å². The number of benzene rings is 7. The van der Waals surface area contributed by atoms with Crippen molar-refractivity contribution in [2.75, 3.05) is 0 Å². The molecule has 0 radical (unpaired) electrons. The molecule has 4 heteroatoms. The van der Waals surface area contributed by atoms with E-state index in [0.717, 1.165) is 49.4 Å². The molecule has 220 valence electrons. The van der Waals surface area contributed by atoms with Gasteiger partial charge in [0.1, 0.15) is 11.2 Å². The summed E-state index contributed by atoms with van der Waals surface area (Å²) in [6.45, 7) is 0. The third-order valence-electron chi connectivity index (χ3n) is 8.73. The molecule has 0 aliphatic rings. The van der Waals surface area contributed by atoms with Crippen LogP contribution in [0.15, 0.2) is 168 Å². The number of para-hydroxylation sites is 1. The zero-order valence-corrected chi connectivity index (χ0v) is 25.3. The van der Waals surface area contributed by atoms with Gasteiger partial charge in [0.15, 0.2) is 17.5 Å². The Bertz CT molecular complexity index is 2550. The van der Waals surface area contributed by atoms with Gasteiger partial charge in [0.25, 0.3) is 0 Å². The van der Waals surface area contributed by atoms with Crippen LogP contribution in [0.2, 0.25) is 0 Å². The quantitative estimate of drug-likeness (QED) is 0.197. The number of furan rings is 1. The molecule has 2 heterocycles. The fourth-order valence-corrected chi connectivity index (χ4v) is 6.27. The van der Waals surface area contributed by atoms with Crippen LogP contribution < -0.4 is 0 Å². The van der Waals surface area contributed by atoms with Crippen LogP contribution >= 0.6 is 0 Å². The molecule has 0 saturated heterocycles. The van der Waals surface area contributed by atoms with E-state index in [-0.39, 0.29) is 0 Å². The highest BCUT2D eigenvalue weighted by molar-refractivity contribution is 6.06. The summed E-state index contributed by atoms with van der Waals surface area (Å²) < 4.78 is 6.08. The van der Waals surface area contributed by atoms with Crippen LogP contribution in [0.4, 0.5) is 0 Å². The molecule has 4 nitrogen and oxygen atoms in total. The standard InChI is InChI=1S/C43H27N3O/c1-3-9-28(10-4-1)29-15-17-30(18-16-29)32-19-20-34-26-35(22-21-33(34)25-32)42-44-41(31-11-5-2-6-12-31)45-43(46-42)36-23-24-40-38(27-36)37-13-7-8-14-39(37)47-40/h1-27H. The number of rotatable bonds is 5. The van der Waals surface area contributed by atoms with E-state index in [1.807, 2.05) is 66.7 Å². The van der Waals surface area contributed by atoms with Crippen molar-refractivity contribution in [1.82, 2.24) is 15.0 Å². The van der Waals surface area contributed by atoms with E-state index in [1.165, 1.54) is 22.3 Å². The third kappa shape index (κ3) is 5.02. The maximum Gasteiger partial charge on any atom is 0.164 e. The van der Waals surface area contributed by atoms with Crippen LogP contribution in [0, 0.1) is 0 Å². The zero-order valence-electron chi connectivity index (χ0n) is 25.3. The number of hydrogen-bond donors (Lipinski definition) is 0. The second-order valence-electron chi connectivity index (χ2n) is 11.7. The van der Waals surface area contributed by atoms with Gasteiger partial charge in [0.05, 0.1) is 0 Å². The lowest BCUT2D eigenvalue weighted by molar-refractivity contribution is 0.669. The molecule has 0 N–H and O–H groups in total. The summed E-state index contributed by atoms with van der Waals surface area (Å²) in [6.07, 6.45) is 0. The maximum absolute atomic E-state index is 6.08. The summed E-state index contributed by atoms with van der Waals surface area (Å²) in [4.78, 5) is 14.9. The lowest BCUT2D eigenvalue weighted by Gasteiger charge is -2.10. The molecule has 7 aromatic carbocycles. The summed E-state index contributed by atoms with van der Waals surface area (Å²) in [5.41, 5.74) is 9.30. The maximum atomic E-state index is 6.08. The SMILES string of the molecule is c1ccc(-c2ccc(-c3ccc4cc(-c5nc(-c6ccccc6)nc(-c6ccc7oc8ccccc8c7c6)n5)ccc4c3)cc2)cc1. The van der Waals surface area contributed by atoms with Crippen molar-refractivity contribution in [3.8, 4) is 56.4 Å². The van der Waals surface area contributed by atoms with Gasteiger partial charge in [-0.25, -0.2) is 15.0 Å². The second kappa shape index (κ2) is 11.2. The predicted octanol–water partition coefficient (Wildman–Crippen LogP) is 11.3. The molecule has 0 aliphatic heterocycles. The van der Waals surface area contributed by atoms with Crippen molar-refractivity contribution >= 4 is 32.7 Å². The molecule has 0 atom stereocenters. The molecule has 0 unspecified atom stereocenters. The van der Waals surface area contributed by atoms with E-state index >= 15 is 0 Å². The molecule has 0 fully saturated rings. The van der Waals surface area contributed by atoms with Gasteiger partial charge >= 0.3 is 0 Å². The Morgan fingerprint density at radius 1 is 0.298 bits per heavy atom. The summed E-state index contributed by atoms with van der Waals surface area (Å²) >= 11 is 0. The van der Waals surface area contributed by atoms with Crippen molar-refractivity contribution in [3.63, 3.8) is 0 Å². The molecular formula is C43H27N3O. The first-order valence-electron chi connectivity index (χ1n) is 15.7. The Morgan fingerprint density at radius 3 is 1.45 bits per heavy atom. The summed E-state index contributed by atoms with van der Waals surface area (Å²) in [5, 5.41) is 4.40. The minimum absolute atomic E-state index is 0.621. The number of hydrogen-bond acceptors (Lipinski definition) is 4. The topological polar surface area (TPSA) is 51.8 Å². The predicted molar refractivity (Wildman–Crippen MR) is 192 cm³/mol. The third-order valence-corrected chi connectivity index (χ3v) is 8.73. The lowest BCUT2D eigenvalue weighted by Crippen LogP contribution is -2.00. The molecule has 0 spiro atoms. The van der Waals surface area contributed by atoms with E-state index in [2.05, 4.69) is 97.1 Å². The molecule has 9 rings (SSSR count). The van der Waals surface area contributed by atoms with E-state index < -0.39 is 0 Å². The monoisotopic (exact) mass is 601 g/mol. The molecule has 47 heavy (non-hydrogen) atoms. The van der Waals surface area contributed by atoms with Crippen LogP contribution in [0.5, 0.6) is 0 Å². The molecule has 0 aliphatic carbocycles. The van der Waals surface area contributed by atoms with Crippen LogP contribution in [0.3, 0.4) is 0 Å². The number of fused-ring (bicyclic) bond motifs is 4. The zero-order chi connectivity index (χ0) is 31.2. The Kier molecular flexibility index (Phi) is 6.43. The molecule has 0 amide bonds. The first-order chi connectivity index (χ1) is 23.2. The van der Waals surface area contributed by atoms with Crippen LogP contribution in [0.1, 0.15) is 0 Å². The highest BCUT2D eigenvalue weighted by atomic mass is 16.3. The van der Waals surface area contributed by atoms with Crippen molar-refractivity contribution in [2.45, 2.75) is 0 Å². The minimum Gasteiger partial charge on any atom is -0.456 e. The smallest absolute Gasteiger partial charge is 0.164 e. The van der Waals surface area contributed by atoms with E-state index in [1.54, 1.807) is 0 Å². The van der Waals surface area contributed by atoms with Gasteiger partial charge in [-0.3, -0.25) is 0 Å². The Hall–Kier alpha value is -6.39. The van der Waals surface area contributed by atoms with E-state index in [0.29, 0.717) is 17.5 Å². The first-order valence-corrected chi connectivity index (χ1v) is 15.7.